The van der Waals surface area contributed by atoms with Crippen molar-refractivity contribution in [3.63, 3.8) is 0 Å². The third-order valence-corrected chi connectivity index (χ3v) is 1.85. The van der Waals surface area contributed by atoms with Crippen molar-refractivity contribution in [1.82, 2.24) is 0 Å². The largest absolute Gasteiger partial charge is 0.290 e. The van der Waals surface area contributed by atoms with E-state index in [9.17, 15) is 0 Å². The summed E-state index contributed by atoms with van der Waals surface area (Å²) in [5.41, 5.74) is 1.36. The van der Waals surface area contributed by atoms with Gasteiger partial charge in [-0.1, -0.05) is 19.1 Å². The molecule has 0 radical (unpaired) electrons. The van der Waals surface area contributed by atoms with Crippen LogP contribution in [0.4, 0.5) is 0 Å². The molecule has 0 aromatic rings. The molecule has 1 heterocycles. The first-order valence-corrected chi connectivity index (χ1v) is 4.21. The minimum Gasteiger partial charge on any atom is -0.290 e. The predicted molar refractivity (Wildman–Crippen MR) is 50.1 cm³/mol. The minimum atomic E-state index is 0.445. The van der Waals surface area contributed by atoms with E-state index in [1.165, 1.54) is 5.57 Å². The van der Waals surface area contributed by atoms with E-state index in [-0.39, 0.29) is 0 Å². The van der Waals surface area contributed by atoms with Crippen LogP contribution in [0.5, 0.6) is 0 Å². The monoisotopic (exact) mass is 149 g/mol. The van der Waals surface area contributed by atoms with E-state index in [1.54, 1.807) is 0 Å². The fourth-order valence-corrected chi connectivity index (χ4v) is 1.05. The van der Waals surface area contributed by atoms with Gasteiger partial charge in [0.2, 0.25) is 0 Å². The second-order valence-corrected chi connectivity index (χ2v) is 2.88. The average molecular weight is 149 g/mol. The van der Waals surface area contributed by atoms with Crippen molar-refractivity contribution in [2.24, 2.45) is 4.99 Å². The van der Waals surface area contributed by atoms with Gasteiger partial charge in [-0.25, -0.2) is 0 Å². The zero-order valence-electron chi connectivity index (χ0n) is 7.25. The number of rotatable bonds is 1. The molecule has 1 atom stereocenters. The number of hydrogen-bond acceptors (Lipinski definition) is 1. The molecule has 0 aromatic heterocycles. The summed E-state index contributed by atoms with van der Waals surface area (Å²) >= 11 is 0. The Labute approximate surface area is 68.5 Å². The van der Waals surface area contributed by atoms with Crippen molar-refractivity contribution in [2.75, 3.05) is 0 Å². The molecule has 0 aliphatic carbocycles. The second-order valence-electron chi connectivity index (χ2n) is 2.88. The van der Waals surface area contributed by atoms with Crippen molar-refractivity contribution in [2.45, 2.75) is 32.7 Å². The zero-order chi connectivity index (χ0) is 8.10. The van der Waals surface area contributed by atoms with Crippen LogP contribution in [0.15, 0.2) is 28.8 Å². The zero-order valence-corrected chi connectivity index (χ0v) is 7.25. The fraction of sp³-hybridized carbons (Fsp3) is 0.500. The van der Waals surface area contributed by atoms with Gasteiger partial charge in [-0.15, -0.1) is 0 Å². The van der Waals surface area contributed by atoms with Gasteiger partial charge in [-0.2, -0.15) is 0 Å². The quantitative estimate of drug-likeness (QED) is 0.543. The van der Waals surface area contributed by atoms with Crippen molar-refractivity contribution < 1.29 is 0 Å². The van der Waals surface area contributed by atoms with Gasteiger partial charge in [0.25, 0.3) is 0 Å². The fourth-order valence-electron chi connectivity index (χ4n) is 1.05. The van der Waals surface area contributed by atoms with Gasteiger partial charge in [0, 0.05) is 6.21 Å². The first kappa shape index (κ1) is 8.25. The van der Waals surface area contributed by atoms with Gasteiger partial charge >= 0.3 is 0 Å². The summed E-state index contributed by atoms with van der Waals surface area (Å²) in [5.74, 6) is 0. The van der Waals surface area contributed by atoms with Crippen LogP contribution in [0.1, 0.15) is 26.7 Å². The molecule has 1 aliphatic heterocycles. The normalized spacial score (nSPS) is 24.2. The Morgan fingerprint density at radius 3 is 3.18 bits per heavy atom. The molecular weight excluding hydrogens is 134 g/mol. The van der Waals surface area contributed by atoms with Crippen molar-refractivity contribution in [1.29, 1.82) is 0 Å². The Kier molecular flexibility index (Phi) is 3.09. The highest BCUT2D eigenvalue weighted by Gasteiger charge is 1.95. The van der Waals surface area contributed by atoms with Crippen LogP contribution in [-0.2, 0) is 0 Å². The molecule has 1 aliphatic rings. The SMILES string of the molecule is CCC1=CC=NC(C)CC=C1. The lowest BCUT2D eigenvalue weighted by atomic mass is 10.1. The van der Waals surface area contributed by atoms with E-state index in [2.05, 4.69) is 37.1 Å². The summed E-state index contributed by atoms with van der Waals surface area (Å²) in [6.07, 6.45) is 10.6. The highest BCUT2D eigenvalue weighted by Crippen LogP contribution is 2.07. The van der Waals surface area contributed by atoms with Crippen LogP contribution >= 0.6 is 0 Å². The summed E-state index contributed by atoms with van der Waals surface area (Å²) < 4.78 is 0. The summed E-state index contributed by atoms with van der Waals surface area (Å²) in [5, 5.41) is 0. The van der Waals surface area contributed by atoms with Crippen LogP contribution in [0.25, 0.3) is 0 Å². The third-order valence-electron chi connectivity index (χ3n) is 1.85. The van der Waals surface area contributed by atoms with E-state index in [4.69, 9.17) is 0 Å². The predicted octanol–water partition coefficient (Wildman–Crippen LogP) is 2.74. The van der Waals surface area contributed by atoms with Gasteiger partial charge in [0.1, 0.15) is 0 Å². The molecule has 0 amide bonds. The minimum absolute atomic E-state index is 0.445. The molecule has 0 spiro atoms. The molecule has 1 unspecified atom stereocenters. The van der Waals surface area contributed by atoms with Crippen molar-refractivity contribution >= 4 is 6.21 Å². The van der Waals surface area contributed by atoms with E-state index >= 15 is 0 Å². The lowest BCUT2D eigenvalue weighted by Crippen LogP contribution is -1.97. The third kappa shape index (κ3) is 2.71. The molecule has 0 aromatic carbocycles. The summed E-state index contributed by atoms with van der Waals surface area (Å²) in [7, 11) is 0. The first-order chi connectivity index (χ1) is 5.33. The lowest BCUT2D eigenvalue weighted by molar-refractivity contribution is 0.761. The van der Waals surface area contributed by atoms with Gasteiger partial charge in [-0.05, 0) is 31.4 Å². The maximum atomic E-state index is 4.33. The summed E-state index contributed by atoms with van der Waals surface area (Å²) in [6, 6.07) is 0.445. The van der Waals surface area contributed by atoms with E-state index in [0.717, 1.165) is 12.8 Å². The Hall–Kier alpha value is -0.850. The molecular formula is C10H15N. The molecule has 1 rings (SSSR count). The number of hydrogen-bond donors (Lipinski definition) is 0. The van der Waals surface area contributed by atoms with Gasteiger partial charge in [-0.3, -0.25) is 4.99 Å². The maximum Gasteiger partial charge on any atom is 0.0505 e. The van der Waals surface area contributed by atoms with Crippen molar-refractivity contribution in [3.8, 4) is 0 Å². The smallest absolute Gasteiger partial charge is 0.0505 e. The molecule has 0 saturated heterocycles. The Morgan fingerprint density at radius 2 is 2.45 bits per heavy atom. The lowest BCUT2D eigenvalue weighted by Gasteiger charge is -2.04. The maximum absolute atomic E-state index is 4.33. The summed E-state index contributed by atoms with van der Waals surface area (Å²) in [6.45, 7) is 4.29. The summed E-state index contributed by atoms with van der Waals surface area (Å²) in [4.78, 5) is 4.33. The highest BCUT2D eigenvalue weighted by atomic mass is 14.7. The Balaban J connectivity index is 2.69. The van der Waals surface area contributed by atoms with Crippen LogP contribution in [0, 0.1) is 0 Å². The van der Waals surface area contributed by atoms with Crippen LogP contribution in [0.2, 0.25) is 0 Å². The number of nitrogens with zero attached hydrogens (tertiary/aromatic N) is 1. The van der Waals surface area contributed by atoms with E-state index in [1.807, 2.05) is 6.21 Å². The van der Waals surface area contributed by atoms with Gasteiger partial charge in [0.15, 0.2) is 0 Å². The van der Waals surface area contributed by atoms with E-state index in [0.29, 0.717) is 6.04 Å². The molecule has 11 heavy (non-hydrogen) atoms. The van der Waals surface area contributed by atoms with Crippen LogP contribution < -0.4 is 0 Å². The van der Waals surface area contributed by atoms with Gasteiger partial charge < -0.3 is 0 Å². The molecule has 0 bridgehead atoms. The highest BCUT2D eigenvalue weighted by molar-refractivity contribution is 5.73. The standard InChI is InChI=1S/C10H15N/c1-3-10-6-4-5-9(2)11-8-7-10/h4,6-9H,3,5H2,1-2H3. The molecule has 0 fully saturated rings. The van der Waals surface area contributed by atoms with Gasteiger partial charge in [0.05, 0.1) is 6.04 Å². The second kappa shape index (κ2) is 4.12. The molecule has 0 saturated carbocycles. The molecule has 0 N–H and O–H groups in total. The average Bonchev–Trinajstić information content (AvgIpc) is 1.96. The molecule has 1 heteroatoms. The van der Waals surface area contributed by atoms with Crippen LogP contribution in [0.3, 0.4) is 0 Å². The van der Waals surface area contributed by atoms with Crippen LogP contribution in [-0.4, -0.2) is 12.3 Å². The number of aliphatic imine (C=N–C) groups is 1. The molecule has 1 nitrogen and oxygen atoms in total. The van der Waals surface area contributed by atoms with E-state index < -0.39 is 0 Å². The molecule has 60 valence electrons. The first-order valence-electron chi connectivity index (χ1n) is 4.21. The number of allylic oxidation sites excluding steroid dienone is 3. The Bertz CT molecular complexity index is 199. The topological polar surface area (TPSA) is 12.4 Å². The Morgan fingerprint density at radius 1 is 1.64 bits per heavy atom. The van der Waals surface area contributed by atoms with Crippen molar-refractivity contribution in [3.05, 3.63) is 23.8 Å².